The Morgan fingerprint density at radius 3 is 2.56 bits per heavy atom. The van der Waals surface area contributed by atoms with E-state index in [2.05, 4.69) is 0 Å². The van der Waals surface area contributed by atoms with Crippen molar-refractivity contribution < 1.29 is 27.9 Å². The predicted molar refractivity (Wildman–Crippen MR) is 119 cm³/mol. The van der Waals surface area contributed by atoms with Crippen LogP contribution in [0.4, 0.5) is 4.39 Å². The average Bonchev–Trinajstić information content (AvgIpc) is 3.50. The quantitative estimate of drug-likeness (QED) is 0.421. The summed E-state index contributed by atoms with van der Waals surface area (Å²) in [4.78, 5) is 27.3. The molecule has 0 saturated heterocycles. The van der Waals surface area contributed by atoms with E-state index in [4.69, 9.17) is 13.9 Å². The lowest BCUT2D eigenvalue weighted by Crippen LogP contribution is -2.42. The highest BCUT2D eigenvalue weighted by Crippen LogP contribution is 2.34. The summed E-state index contributed by atoms with van der Waals surface area (Å²) in [6.45, 7) is 1.63. The maximum Gasteiger partial charge on any atom is 0.271 e. The summed E-state index contributed by atoms with van der Waals surface area (Å²) in [5.74, 6) is 0.403. The van der Waals surface area contributed by atoms with Gasteiger partial charge in [-0.25, -0.2) is 4.39 Å². The van der Waals surface area contributed by atoms with Crippen molar-refractivity contribution in [2.45, 2.75) is 13.5 Å². The Kier molecular flexibility index (Phi) is 5.22. The lowest BCUT2D eigenvalue weighted by Gasteiger charge is -2.27. The van der Waals surface area contributed by atoms with Crippen molar-refractivity contribution >= 4 is 17.9 Å². The van der Waals surface area contributed by atoms with Gasteiger partial charge in [0.15, 0.2) is 11.5 Å². The maximum atomic E-state index is 13.3. The molecule has 8 heteroatoms. The van der Waals surface area contributed by atoms with Crippen LogP contribution in [0.2, 0.25) is 0 Å². The fraction of sp³-hybridized carbons (Fsp3) is 0.115. The summed E-state index contributed by atoms with van der Waals surface area (Å²) < 4.78 is 29.7. The highest BCUT2D eigenvalue weighted by molar-refractivity contribution is 6.19. The molecule has 2 aromatic carbocycles. The first-order valence-corrected chi connectivity index (χ1v) is 10.4. The van der Waals surface area contributed by atoms with Gasteiger partial charge in [-0.15, -0.1) is 0 Å². The smallest absolute Gasteiger partial charge is 0.271 e. The fourth-order valence-electron chi connectivity index (χ4n) is 3.84. The Morgan fingerprint density at radius 2 is 1.79 bits per heavy atom. The Balaban J connectivity index is 1.48. The second-order valence-electron chi connectivity index (χ2n) is 7.76. The number of carbonyl (C=O) groups is 2. The largest absolute Gasteiger partial charge is 0.457 e. The van der Waals surface area contributed by atoms with Crippen LogP contribution < -0.4 is 9.47 Å². The molecule has 34 heavy (non-hydrogen) atoms. The van der Waals surface area contributed by atoms with Gasteiger partial charge < -0.3 is 13.9 Å². The van der Waals surface area contributed by atoms with Gasteiger partial charge in [-0.05, 0) is 72.7 Å². The SMILES string of the molecule is CC1=C(C#N)C(=O)N(Cc2ccc3c(c2)OCO3)C(=O)/C1=C/c1ccc(-c2ccc(F)cc2)o1. The number of nitriles is 1. The van der Waals surface area contributed by atoms with Gasteiger partial charge in [0.25, 0.3) is 11.8 Å². The summed E-state index contributed by atoms with van der Waals surface area (Å²) in [6, 6.07) is 16.2. The third kappa shape index (κ3) is 3.73. The standard InChI is InChI=1S/C26H17FN2O5/c1-15-20(11-19-7-9-22(34-19)17-3-5-18(27)6-4-17)25(30)29(26(31)21(15)12-28)13-16-2-8-23-24(10-16)33-14-32-23/h2-11H,13-14H2,1H3/b20-11+. The third-order valence-electron chi connectivity index (χ3n) is 5.65. The Bertz CT molecular complexity index is 1430. The van der Waals surface area contributed by atoms with Crippen LogP contribution in [0.1, 0.15) is 18.2 Å². The number of nitrogens with zero attached hydrogens (tertiary/aromatic N) is 2. The van der Waals surface area contributed by atoms with Gasteiger partial charge in [0.2, 0.25) is 6.79 Å². The first-order chi connectivity index (χ1) is 16.4. The first kappa shape index (κ1) is 21.2. The number of furan rings is 1. The van der Waals surface area contributed by atoms with Crippen LogP contribution in [0.15, 0.2) is 75.7 Å². The van der Waals surface area contributed by atoms with E-state index < -0.39 is 11.8 Å². The van der Waals surface area contributed by atoms with Crippen molar-refractivity contribution in [1.82, 2.24) is 4.90 Å². The molecule has 0 bridgehead atoms. The summed E-state index contributed by atoms with van der Waals surface area (Å²) in [5.41, 5.74) is 1.66. The van der Waals surface area contributed by atoms with Crippen molar-refractivity contribution in [3.05, 3.63) is 88.5 Å². The zero-order valence-electron chi connectivity index (χ0n) is 18.0. The number of benzene rings is 2. The molecule has 0 spiro atoms. The van der Waals surface area contributed by atoms with E-state index in [1.165, 1.54) is 18.2 Å². The summed E-state index contributed by atoms with van der Waals surface area (Å²) in [7, 11) is 0. The number of amides is 2. The van der Waals surface area contributed by atoms with Crippen LogP contribution in [-0.2, 0) is 16.1 Å². The number of carbonyl (C=O) groups excluding carboxylic acids is 2. The van der Waals surface area contributed by atoms with Gasteiger partial charge in [0.1, 0.15) is 29.0 Å². The molecule has 0 unspecified atom stereocenters. The lowest BCUT2D eigenvalue weighted by atomic mass is 9.94. The number of fused-ring (bicyclic) bond motifs is 1. The van der Waals surface area contributed by atoms with Crippen LogP contribution >= 0.6 is 0 Å². The van der Waals surface area contributed by atoms with Crippen molar-refractivity contribution in [3.8, 4) is 28.9 Å². The second-order valence-corrected chi connectivity index (χ2v) is 7.76. The van der Waals surface area contributed by atoms with Crippen molar-refractivity contribution in [1.29, 1.82) is 5.26 Å². The average molecular weight is 456 g/mol. The molecule has 0 aliphatic carbocycles. The molecule has 0 saturated carbocycles. The Labute approximate surface area is 193 Å². The molecule has 7 nitrogen and oxygen atoms in total. The lowest BCUT2D eigenvalue weighted by molar-refractivity contribution is -0.141. The van der Waals surface area contributed by atoms with Crippen LogP contribution in [0, 0.1) is 17.1 Å². The molecule has 1 aromatic heterocycles. The number of ether oxygens (including phenoxy) is 2. The van der Waals surface area contributed by atoms with Gasteiger partial charge in [0, 0.05) is 11.1 Å². The van der Waals surface area contributed by atoms with Gasteiger partial charge in [-0.1, -0.05) is 6.07 Å². The molecule has 0 atom stereocenters. The Hall–Kier alpha value is -4.64. The van der Waals surface area contributed by atoms with E-state index in [1.807, 2.05) is 6.07 Å². The summed E-state index contributed by atoms with van der Waals surface area (Å²) in [5, 5.41) is 9.60. The minimum Gasteiger partial charge on any atom is -0.457 e. The molecular formula is C26H17FN2O5. The molecule has 3 aromatic rings. The van der Waals surface area contributed by atoms with E-state index in [-0.39, 0.29) is 35.9 Å². The number of halogens is 1. The molecule has 168 valence electrons. The molecule has 2 aliphatic heterocycles. The summed E-state index contributed by atoms with van der Waals surface area (Å²) >= 11 is 0. The number of rotatable bonds is 4. The molecule has 0 fully saturated rings. The maximum absolute atomic E-state index is 13.3. The topological polar surface area (TPSA) is 92.8 Å². The van der Waals surface area contributed by atoms with E-state index >= 15 is 0 Å². The number of hydrogen-bond acceptors (Lipinski definition) is 6. The number of hydrogen-bond donors (Lipinski definition) is 0. The van der Waals surface area contributed by atoms with Crippen molar-refractivity contribution in [3.63, 3.8) is 0 Å². The fourth-order valence-corrected chi connectivity index (χ4v) is 3.84. The molecule has 5 rings (SSSR count). The molecule has 0 radical (unpaired) electrons. The van der Waals surface area contributed by atoms with E-state index in [1.54, 1.807) is 49.4 Å². The van der Waals surface area contributed by atoms with Crippen LogP contribution in [0.25, 0.3) is 17.4 Å². The van der Waals surface area contributed by atoms with E-state index in [0.29, 0.717) is 34.1 Å². The summed E-state index contributed by atoms with van der Waals surface area (Å²) in [6.07, 6.45) is 1.50. The number of imide groups is 1. The Morgan fingerprint density at radius 1 is 1.03 bits per heavy atom. The van der Waals surface area contributed by atoms with Gasteiger partial charge >= 0.3 is 0 Å². The molecule has 0 N–H and O–H groups in total. The van der Waals surface area contributed by atoms with Crippen LogP contribution in [-0.4, -0.2) is 23.5 Å². The van der Waals surface area contributed by atoms with Crippen LogP contribution in [0.5, 0.6) is 11.5 Å². The van der Waals surface area contributed by atoms with E-state index in [9.17, 15) is 19.2 Å². The van der Waals surface area contributed by atoms with Gasteiger partial charge in [-0.2, -0.15) is 5.26 Å². The third-order valence-corrected chi connectivity index (χ3v) is 5.65. The van der Waals surface area contributed by atoms with Crippen molar-refractivity contribution in [2.75, 3.05) is 6.79 Å². The first-order valence-electron chi connectivity index (χ1n) is 10.4. The molecule has 3 heterocycles. The zero-order chi connectivity index (χ0) is 23.8. The van der Waals surface area contributed by atoms with E-state index in [0.717, 1.165) is 4.90 Å². The normalized spacial score (nSPS) is 16.4. The zero-order valence-corrected chi connectivity index (χ0v) is 18.0. The highest BCUT2D eigenvalue weighted by atomic mass is 19.1. The highest BCUT2D eigenvalue weighted by Gasteiger charge is 2.36. The molecule has 2 amide bonds. The second kappa shape index (κ2) is 8.37. The van der Waals surface area contributed by atoms with Gasteiger partial charge in [0.05, 0.1) is 6.54 Å². The molecular weight excluding hydrogens is 439 g/mol. The minimum absolute atomic E-state index is 0.0386. The predicted octanol–water partition coefficient (Wildman–Crippen LogP) is 4.61. The van der Waals surface area contributed by atoms with Crippen molar-refractivity contribution in [2.24, 2.45) is 0 Å². The van der Waals surface area contributed by atoms with Crippen LogP contribution in [0.3, 0.4) is 0 Å². The minimum atomic E-state index is -0.661. The van der Waals surface area contributed by atoms with Gasteiger partial charge in [-0.3, -0.25) is 14.5 Å². The monoisotopic (exact) mass is 456 g/mol. The molecule has 2 aliphatic rings.